The number of benzene rings is 1. The van der Waals surface area contributed by atoms with Crippen LogP contribution < -0.4 is 4.74 Å². The van der Waals surface area contributed by atoms with E-state index in [1.807, 2.05) is 6.92 Å². The lowest BCUT2D eigenvalue weighted by Gasteiger charge is -2.40. The Bertz CT molecular complexity index is 1650. The first-order valence-corrected chi connectivity index (χ1v) is 15.7. The van der Waals surface area contributed by atoms with Gasteiger partial charge in [0.05, 0.1) is 0 Å². The van der Waals surface area contributed by atoms with Gasteiger partial charge in [0.1, 0.15) is 5.75 Å². The number of alkyl halides is 23. The highest BCUT2D eigenvalue weighted by molar-refractivity contribution is 5.56. The van der Waals surface area contributed by atoms with Crippen molar-refractivity contribution in [2.45, 2.75) is 118 Å². The fourth-order valence-electron chi connectivity index (χ4n) is 4.27. The summed E-state index contributed by atoms with van der Waals surface area (Å²) in [5, 5.41) is 0. The van der Waals surface area contributed by atoms with Crippen molar-refractivity contribution in [3.63, 3.8) is 0 Å². The standard InChI is InChI=1S/C30H25F23N2O3/c1-2-3-4-5-6-7-8-17-13-14-54-19(55-17)16-9-11-18(12-10-16)56-15-20(31,32)21(33,34)22(35,36)24(39,40)27(46,47)57-29(50,51)30(52,53)58-28(48,49)25(41,42)23(37,38)26(43,44)45/h9-14H,2-8,15H2,1H3. The molecule has 2 aromatic rings. The molecular weight excluding hydrogens is 873 g/mol. The van der Waals surface area contributed by atoms with E-state index in [1.165, 1.54) is 10.9 Å². The van der Waals surface area contributed by atoms with E-state index >= 15 is 0 Å². The SMILES string of the molecule is CCCCCCCCc1ccnc(-c2ccc(OCC(F)(F)C(F)(F)C(F)(F)C(F)(F)C(F)(F)OC(F)(F)C(F)(F)OC(F)(F)C(F)(F)C(F)(F)C(F)(F)F)cc2)n1. The van der Waals surface area contributed by atoms with Crippen LogP contribution in [0, 0.1) is 0 Å². The summed E-state index contributed by atoms with van der Waals surface area (Å²) < 4.78 is 317. The molecule has 0 fully saturated rings. The maximum absolute atomic E-state index is 14.3. The highest BCUT2D eigenvalue weighted by atomic mass is 19.4. The molecule has 0 aliphatic rings. The topological polar surface area (TPSA) is 53.5 Å². The molecule has 1 aromatic carbocycles. The number of nitrogens with zero attached hydrogens (tertiary/aromatic N) is 2. The maximum Gasteiger partial charge on any atom is 0.460 e. The lowest BCUT2D eigenvalue weighted by molar-refractivity contribution is -0.558. The van der Waals surface area contributed by atoms with Crippen molar-refractivity contribution in [1.29, 1.82) is 0 Å². The monoisotopic (exact) mass is 898 g/mol. The summed E-state index contributed by atoms with van der Waals surface area (Å²) in [5.41, 5.74) is 0.660. The van der Waals surface area contributed by atoms with E-state index in [1.54, 1.807) is 6.07 Å². The predicted molar refractivity (Wildman–Crippen MR) is 148 cm³/mol. The van der Waals surface area contributed by atoms with Crippen molar-refractivity contribution in [2.24, 2.45) is 0 Å². The van der Waals surface area contributed by atoms with E-state index in [-0.39, 0.29) is 11.4 Å². The van der Waals surface area contributed by atoms with Crippen LogP contribution in [0.15, 0.2) is 36.5 Å². The average molecular weight is 898 g/mol. The smallest absolute Gasteiger partial charge is 0.460 e. The Morgan fingerprint density at radius 1 is 0.483 bits per heavy atom. The Morgan fingerprint density at radius 2 is 0.931 bits per heavy atom. The summed E-state index contributed by atoms with van der Waals surface area (Å²) in [7, 11) is 0. The molecule has 0 saturated carbocycles. The van der Waals surface area contributed by atoms with E-state index in [2.05, 4.69) is 14.7 Å². The summed E-state index contributed by atoms with van der Waals surface area (Å²) in [6.07, 6.45) is -33.5. The first-order chi connectivity index (χ1) is 25.9. The van der Waals surface area contributed by atoms with Crippen LogP contribution in [0.2, 0.25) is 0 Å². The van der Waals surface area contributed by atoms with Crippen LogP contribution in [0.3, 0.4) is 0 Å². The number of hydrogen-bond donors (Lipinski definition) is 0. The summed E-state index contributed by atoms with van der Waals surface area (Å²) in [6.45, 7) is -1.10. The zero-order valence-electron chi connectivity index (χ0n) is 28.4. The van der Waals surface area contributed by atoms with E-state index in [0.29, 0.717) is 24.2 Å². The Balaban J connectivity index is 2.25. The van der Waals surface area contributed by atoms with Gasteiger partial charge >= 0.3 is 66.1 Å². The number of ether oxygens (including phenoxy) is 3. The van der Waals surface area contributed by atoms with Crippen LogP contribution in [0.1, 0.15) is 51.1 Å². The molecule has 0 saturated heterocycles. The highest BCUT2D eigenvalue weighted by Gasteiger charge is 2.89. The summed E-state index contributed by atoms with van der Waals surface area (Å²) in [4.78, 5) is 8.20. The van der Waals surface area contributed by atoms with Gasteiger partial charge < -0.3 is 4.74 Å². The van der Waals surface area contributed by atoms with Gasteiger partial charge in [0.15, 0.2) is 12.4 Å². The number of aromatic nitrogens is 2. The Labute approximate surface area is 309 Å². The van der Waals surface area contributed by atoms with Crippen molar-refractivity contribution < 1.29 is 115 Å². The van der Waals surface area contributed by atoms with Gasteiger partial charge in [-0.1, -0.05) is 39.0 Å². The van der Waals surface area contributed by atoms with Crippen LogP contribution in [-0.2, 0) is 15.9 Å². The van der Waals surface area contributed by atoms with Crippen LogP contribution in [0.5, 0.6) is 5.75 Å². The van der Waals surface area contributed by atoms with Crippen LogP contribution in [0.25, 0.3) is 11.4 Å². The average Bonchev–Trinajstić information content (AvgIpc) is 3.07. The molecule has 58 heavy (non-hydrogen) atoms. The quantitative estimate of drug-likeness (QED) is 0.0870. The molecule has 0 unspecified atom stereocenters. The largest absolute Gasteiger partial charge is 0.487 e. The van der Waals surface area contributed by atoms with E-state index in [0.717, 1.165) is 55.4 Å². The van der Waals surface area contributed by atoms with E-state index in [9.17, 15) is 101 Å². The molecule has 0 spiro atoms. The fraction of sp³-hybridized carbons (Fsp3) is 0.667. The summed E-state index contributed by atoms with van der Waals surface area (Å²) >= 11 is 0. The molecule has 28 heteroatoms. The van der Waals surface area contributed by atoms with Crippen LogP contribution in [-0.4, -0.2) is 82.7 Å². The number of rotatable bonds is 22. The molecule has 0 bridgehead atoms. The molecule has 5 nitrogen and oxygen atoms in total. The van der Waals surface area contributed by atoms with Gasteiger partial charge in [0, 0.05) is 17.5 Å². The van der Waals surface area contributed by atoms with Crippen molar-refractivity contribution in [1.82, 2.24) is 9.97 Å². The van der Waals surface area contributed by atoms with Gasteiger partial charge in [-0.25, -0.2) is 19.4 Å². The minimum atomic E-state index is -8.59. The highest BCUT2D eigenvalue weighted by Crippen LogP contribution is 2.60. The Kier molecular flexibility index (Phi) is 14.7. The second-order valence-corrected chi connectivity index (χ2v) is 12.0. The Morgan fingerprint density at radius 3 is 1.40 bits per heavy atom. The molecular formula is C30H25F23N2O3. The van der Waals surface area contributed by atoms with Gasteiger partial charge in [0.25, 0.3) is 0 Å². The molecule has 0 atom stereocenters. The predicted octanol–water partition coefficient (Wildman–Crippen LogP) is 12.2. The van der Waals surface area contributed by atoms with Gasteiger partial charge in [-0.3, -0.25) is 0 Å². The number of hydrogen-bond acceptors (Lipinski definition) is 5. The van der Waals surface area contributed by atoms with E-state index < -0.39 is 78.5 Å². The minimum absolute atomic E-state index is 0.0153. The number of aryl methyl sites for hydroxylation is 1. The summed E-state index contributed by atoms with van der Waals surface area (Å²) in [6, 6.07) is 4.88. The second kappa shape index (κ2) is 16.8. The third kappa shape index (κ3) is 9.88. The fourth-order valence-corrected chi connectivity index (χ4v) is 4.27. The normalized spacial score (nSPS) is 14.9. The van der Waals surface area contributed by atoms with Crippen molar-refractivity contribution in [2.75, 3.05) is 6.61 Å². The molecule has 1 heterocycles. The van der Waals surface area contributed by atoms with Gasteiger partial charge in [-0.2, -0.15) is 101 Å². The third-order valence-corrected chi connectivity index (χ3v) is 7.61. The van der Waals surface area contributed by atoms with Crippen LogP contribution in [0.4, 0.5) is 101 Å². The molecule has 0 aliphatic heterocycles. The van der Waals surface area contributed by atoms with Crippen molar-refractivity contribution >= 4 is 0 Å². The van der Waals surface area contributed by atoms with Gasteiger partial charge in [0.2, 0.25) is 0 Å². The number of unbranched alkanes of at least 4 members (excludes halogenated alkanes) is 5. The summed E-state index contributed by atoms with van der Waals surface area (Å²) in [5.74, 6) is -49.2. The molecule has 1 aromatic heterocycles. The molecule has 2 rings (SSSR count). The van der Waals surface area contributed by atoms with Crippen molar-refractivity contribution in [3.8, 4) is 17.1 Å². The van der Waals surface area contributed by atoms with Crippen LogP contribution >= 0.6 is 0 Å². The van der Waals surface area contributed by atoms with Gasteiger partial charge in [-0.15, -0.1) is 0 Å². The minimum Gasteiger partial charge on any atom is -0.487 e. The van der Waals surface area contributed by atoms with E-state index in [4.69, 9.17) is 0 Å². The maximum atomic E-state index is 14.3. The molecule has 334 valence electrons. The molecule has 0 aliphatic carbocycles. The molecule has 0 radical (unpaired) electrons. The zero-order valence-corrected chi connectivity index (χ0v) is 28.4. The first-order valence-electron chi connectivity index (χ1n) is 15.7. The molecule has 0 amide bonds. The Hall–Kier alpha value is -3.59. The lowest BCUT2D eigenvalue weighted by atomic mass is 9.98. The number of halogens is 23. The molecule has 0 N–H and O–H groups in total. The lowest BCUT2D eigenvalue weighted by Crippen LogP contribution is -2.70. The third-order valence-electron chi connectivity index (χ3n) is 7.61. The zero-order chi connectivity index (χ0) is 45.2. The first kappa shape index (κ1) is 50.6. The van der Waals surface area contributed by atoms with Gasteiger partial charge in [-0.05, 0) is 43.2 Å². The van der Waals surface area contributed by atoms with Crippen molar-refractivity contribution in [3.05, 3.63) is 42.2 Å². The second-order valence-electron chi connectivity index (χ2n) is 12.0.